The van der Waals surface area contributed by atoms with Crippen molar-refractivity contribution in [2.45, 2.75) is 13.3 Å². The molecular formula is C12H11ClN2. The zero-order valence-electron chi connectivity index (χ0n) is 8.44. The maximum absolute atomic E-state index is 5.82. The van der Waals surface area contributed by atoms with Crippen LogP contribution < -0.4 is 0 Å². The molecule has 2 aromatic heterocycles. The molecule has 0 aliphatic carbocycles. The Hall–Kier alpha value is -1.41. The normalized spacial score (nSPS) is 10.3. The number of aryl methyl sites for hydroxylation is 1. The summed E-state index contributed by atoms with van der Waals surface area (Å²) in [6.45, 7) is 2.03. The summed E-state index contributed by atoms with van der Waals surface area (Å²) in [5.74, 6) is 0. The standard InChI is InChI=1S/C12H11ClN2/c1-9-5-10(8-14-7-9)6-11-3-2-4-12(13)15-11/h2-5,7-8H,6H2,1H3. The van der Waals surface area contributed by atoms with Gasteiger partial charge < -0.3 is 0 Å². The molecule has 0 spiro atoms. The van der Waals surface area contributed by atoms with Gasteiger partial charge in [0.05, 0.1) is 0 Å². The zero-order chi connectivity index (χ0) is 10.7. The molecule has 76 valence electrons. The predicted molar refractivity (Wildman–Crippen MR) is 61.0 cm³/mol. The first-order chi connectivity index (χ1) is 7.24. The lowest BCUT2D eigenvalue weighted by molar-refractivity contribution is 1.05. The monoisotopic (exact) mass is 218 g/mol. The molecule has 0 unspecified atom stereocenters. The first-order valence-corrected chi connectivity index (χ1v) is 5.14. The summed E-state index contributed by atoms with van der Waals surface area (Å²) in [6.07, 6.45) is 4.47. The third-order valence-electron chi connectivity index (χ3n) is 2.09. The van der Waals surface area contributed by atoms with Gasteiger partial charge in [-0.05, 0) is 30.2 Å². The molecule has 3 heteroatoms. The molecule has 0 bridgehead atoms. The van der Waals surface area contributed by atoms with E-state index in [4.69, 9.17) is 11.6 Å². The van der Waals surface area contributed by atoms with Gasteiger partial charge >= 0.3 is 0 Å². The molecule has 2 nitrogen and oxygen atoms in total. The fourth-order valence-electron chi connectivity index (χ4n) is 1.47. The maximum atomic E-state index is 5.82. The van der Waals surface area contributed by atoms with Crippen LogP contribution in [0.2, 0.25) is 5.15 Å². The summed E-state index contributed by atoms with van der Waals surface area (Å²) in [5, 5.41) is 0.535. The molecule has 0 radical (unpaired) electrons. The molecule has 0 aliphatic rings. The fraction of sp³-hybridized carbons (Fsp3) is 0.167. The molecule has 0 amide bonds. The Morgan fingerprint density at radius 1 is 1.27 bits per heavy atom. The summed E-state index contributed by atoms with van der Waals surface area (Å²) < 4.78 is 0. The van der Waals surface area contributed by atoms with Crippen LogP contribution in [-0.4, -0.2) is 9.97 Å². The summed E-state index contributed by atoms with van der Waals surface area (Å²) in [7, 11) is 0. The summed E-state index contributed by atoms with van der Waals surface area (Å²) in [6, 6.07) is 7.76. The van der Waals surface area contributed by atoms with E-state index in [0.717, 1.165) is 23.2 Å². The molecule has 0 atom stereocenters. The van der Waals surface area contributed by atoms with Gasteiger partial charge in [-0.1, -0.05) is 23.7 Å². The molecule has 0 saturated carbocycles. The van der Waals surface area contributed by atoms with Gasteiger partial charge in [0, 0.05) is 24.5 Å². The average Bonchev–Trinajstić information content (AvgIpc) is 2.17. The minimum atomic E-state index is 0.535. The number of pyridine rings is 2. The number of rotatable bonds is 2. The summed E-state index contributed by atoms with van der Waals surface area (Å²) >= 11 is 5.82. The first kappa shape index (κ1) is 10.1. The number of hydrogen-bond donors (Lipinski definition) is 0. The van der Waals surface area contributed by atoms with Crippen LogP contribution in [0.25, 0.3) is 0 Å². The van der Waals surface area contributed by atoms with Crippen molar-refractivity contribution in [1.29, 1.82) is 0 Å². The van der Waals surface area contributed by atoms with Crippen LogP contribution >= 0.6 is 11.6 Å². The van der Waals surface area contributed by atoms with Crippen molar-refractivity contribution < 1.29 is 0 Å². The van der Waals surface area contributed by atoms with Gasteiger partial charge in [0.1, 0.15) is 5.15 Å². The minimum absolute atomic E-state index is 0.535. The SMILES string of the molecule is Cc1cncc(Cc2cccc(Cl)n2)c1. The second-order valence-corrected chi connectivity index (χ2v) is 3.89. The molecule has 2 aromatic rings. The third kappa shape index (κ3) is 2.77. The molecule has 0 saturated heterocycles. The Bertz CT molecular complexity index is 425. The van der Waals surface area contributed by atoms with Gasteiger partial charge in [-0.15, -0.1) is 0 Å². The van der Waals surface area contributed by atoms with Crippen molar-refractivity contribution >= 4 is 11.6 Å². The van der Waals surface area contributed by atoms with Crippen molar-refractivity contribution in [3.63, 3.8) is 0 Å². The van der Waals surface area contributed by atoms with Crippen LogP contribution in [0.1, 0.15) is 16.8 Å². The predicted octanol–water partition coefficient (Wildman–Crippen LogP) is 3.03. The highest BCUT2D eigenvalue weighted by atomic mass is 35.5. The van der Waals surface area contributed by atoms with E-state index in [-0.39, 0.29) is 0 Å². The van der Waals surface area contributed by atoms with Crippen LogP contribution in [0, 0.1) is 6.92 Å². The van der Waals surface area contributed by atoms with Crippen LogP contribution in [0.3, 0.4) is 0 Å². The molecule has 0 aliphatic heterocycles. The van der Waals surface area contributed by atoms with E-state index in [1.54, 1.807) is 6.07 Å². The number of nitrogens with zero attached hydrogens (tertiary/aromatic N) is 2. The van der Waals surface area contributed by atoms with E-state index in [9.17, 15) is 0 Å². The van der Waals surface area contributed by atoms with Crippen LogP contribution in [0.4, 0.5) is 0 Å². The van der Waals surface area contributed by atoms with Crippen molar-refractivity contribution in [3.8, 4) is 0 Å². The maximum Gasteiger partial charge on any atom is 0.129 e. The van der Waals surface area contributed by atoms with Gasteiger partial charge in [0.15, 0.2) is 0 Å². The number of hydrogen-bond acceptors (Lipinski definition) is 2. The van der Waals surface area contributed by atoms with E-state index >= 15 is 0 Å². The minimum Gasteiger partial charge on any atom is -0.264 e. The largest absolute Gasteiger partial charge is 0.264 e. The molecular weight excluding hydrogens is 208 g/mol. The Balaban J connectivity index is 2.22. The fourth-order valence-corrected chi connectivity index (χ4v) is 1.65. The third-order valence-corrected chi connectivity index (χ3v) is 2.30. The highest BCUT2D eigenvalue weighted by molar-refractivity contribution is 6.29. The Labute approximate surface area is 94.0 Å². The van der Waals surface area contributed by atoms with E-state index < -0.39 is 0 Å². The molecule has 2 heterocycles. The van der Waals surface area contributed by atoms with Crippen LogP contribution in [-0.2, 0) is 6.42 Å². The van der Waals surface area contributed by atoms with Crippen molar-refractivity contribution in [2.75, 3.05) is 0 Å². The highest BCUT2D eigenvalue weighted by Gasteiger charge is 1.99. The van der Waals surface area contributed by atoms with E-state index in [1.165, 1.54) is 0 Å². The number of halogens is 1. The Morgan fingerprint density at radius 3 is 2.87 bits per heavy atom. The number of aromatic nitrogens is 2. The van der Waals surface area contributed by atoms with Gasteiger partial charge in [-0.2, -0.15) is 0 Å². The topological polar surface area (TPSA) is 25.8 Å². The van der Waals surface area contributed by atoms with Crippen LogP contribution in [0.5, 0.6) is 0 Å². The molecule has 15 heavy (non-hydrogen) atoms. The van der Waals surface area contributed by atoms with Gasteiger partial charge in [-0.25, -0.2) is 4.98 Å². The molecule has 2 rings (SSSR count). The lowest BCUT2D eigenvalue weighted by Crippen LogP contribution is -1.93. The lowest BCUT2D eigenvalue weighted by atomic mass is 10.1. The Kier molecular flexibility index (Phi) is 2.97. The average molecular weight is 219 g/mol. The lowest BCUT2D eigenvalue weighted by Gasteiger charge is -2.01. The Morgan fingerprint density at radius 2 is 2.13 bits per heavy atom. The van der Waals surface area contributed by atoms with Gasteiger partial charge in [-0.3, -0.25) is 4.98 Å². The smallest absolute Gasteiger partial charge is 0.129 e. The molecule has 0 aromatic carbocycles. The van der Waals surface area contributed by atoms with Crippen LogP contribution in [0.15, 0.2) is 36.7 Å². The molecule has 0 N–H and O–H groups in total. The zero-order valence-corrected chi connectivity index (χ0v) is 9.20. The summed E-state index contributed by atoms with van der Waals surface area (Å²) in [5.41, 5.74) is 3.29. The van der Waals surface area contributed by atoms with Gasteiger partial charge in [0.2, 0.25) is 0 Å². The molecule has 0 fully saturated rings. The summed E-state index contributed by atoms with van der Waals surface area (Å²) in [4.78, 5) is 8.38. The van der Waals surface area contributed by atoms with Crippen molar-refractivity contribution in [2.24, 2.45) is 0 Å². The first-order valence-electron chi connectivity index (χ1n) is 4.76. The second kappa shape index (κ2) is 4.41. The van der Waals surface area contributed by atoms with Crippen molar-refractivity contribution in [1.82, 2.24) is 9.97 Å². The second-order valence-electron chi connectivity index (χ2n) is 3.50. The van der Waals surface area contributed by atoms with E-state index in [1.807, 2.05) is 31.5 Å². The quantitative estimate of drug-likeness (QED) is 0.725. The highest BCUT2D eigenvalue weighted by Crippen LogP contribution is 2.10. The van der Waals surface area contributed by atoms with Crippen molar-refractivity contribution in [3.05, 3.63) is 58.6 Å². The van der Waals surface area contributed by atoms with Gasteiger partial charge in [0.25, 0.3) is 0 Å². The van der Waals surface area contributed by atoms with E-state index in [0.29, 0.717) is 5.15 Å². The van der Waals surface area contributed by atoms with E-state index in [2.05, 4.69) is 16.0 Å².